The molecule has 0 bridgehead atoms. The van der Waals surface area contributed by atoms with Gasteiger partial charge >= 0.3 is 0 Å². The molecule has 6 aromatic carbocycles. The van der Waals surface area contributed by atoms with Crippen molar-refractivity contribution in [1.82, 2.24) is 24.1 Å². The van der Waals surface area contributed by atoms with Gasteiger partial charge in [-0.1, -0.05) is 115 Å². The van der Waals surface area contributed by atoms with Crippen molar-refractivity contribution in [3.8, 4) is 56.7 Å². The zero-order valence-electron chi connectivity index (χ0n) is 30.3. The Bertz CT molecular complexity index is 3030. The fraction of sp³-hybridized carbons (Fsp3) is 0. The lowest BCUT2D eigenvalue weighted by Gasteiger charge is -2.10. The maximum absolute atomic E-state index is 5.16. The Morgan fingerprint density at radius 1 is 0.250 bits per heavy atom. The molecule has 11 rings (SSSR count). The standard InChI is InChI=1S/C51H33N5/c1-3-14-36(15-4-1)55-48-26-9-7-18-38(48)40-30-28-34(32-50(40)55)42-20-11-22-44(52-42)46-24-13-25-47(54-46)45-23-12-21-43(53-45)35-29-31-41-39-19-8-10-27-49(39)56(51(41)33-35)37-16-5-2-6-17-37/h1-33H. The van der Waals surface area contributed by atoms with Gasteiger partial charge in [-0.3, -0.25) is 0 Å². The van der Waals surface area contributed by atoms with Crippen LogP contribution in [-0.2, 0) is 0 Å². The number of hydrogen-bond acceptors (Lipinski definition) is 3. The third-order valence-corrected chi connectivity index (χ3v) is 10.7. The number of benzene rings is 6. The summed E-state index contributed by atoms with van der Waals surface area (Å²) in [5, 5.41) is 4.89. The molecule has 0 unspecified atom stereocenters. The summed E-state index contributed by atoms with van der Waals surface area (Å²) >= 11 is 0. The van der Waals surface area contributed by atoms with Crippen LogP contribution in [0.2, 0.25) is 0 Å². The van der Waals surface area contributed by atoms with E-state index < -0.39 is 0 Å². The predicted molar refractivity (Wildman–Crippen MR) is 230 cm³/mol. The van der Waals surface area contributed by atoms with E-state index in [9.17, 15) is 0 Å². The lowest BCUT2D eigenvalue weighted by atomic mass is 10.1. The van der Waals surface area contributed by atoms with Gasteiger partial charge in [-0.05, 0) is 84.9 Å². The Morgan fingerprint density at radius 2 is 0.589 bits per heavy atom. The second-order valence-electron chi connectivity index (χ2n) is 14.1. The largest absolute Gasteiger partial charge is 0.309 e. The Hall–Kier alpha value is -7.63. The van der Waals surface area contributed by atoms with Crippen molar-refractivity contribution in [2.45, 2.75) is 0 Å². The average Bonchev–Trinajstić information content (AvgIpc) is 3.79. The first-order valence-corrected chi connectivity index (χ1v) is 18.9. The van der Waals surface area contributed by atoms with Crippen molar-refractivity contribution < 1.29 is 0 Å². The number of rotatable bonds is 6. The lowest BCUT2D eigenvalue weighted by molar-refractivity contribution is 1.18. The molecule has 0 aliphatic rings. The molecule has 0 N–H and O–H groups in total. The van der Waals surface area contributed by atoms with Crippen molar-refractivity contribution in [1.29, 1.82) is 0 Å². The SMILES string of the molecule is c1ccc(-n2c3ccccc3c3ccc(-c4cccc(-c5cccc(-c6cccc(-c7ccc8c9ccccc9n(-c9ccccc9)c8c7)n6)n5)n4)cc32)cc1. The highest BCUT2D eigenvalue weighted by molar-refractivity contribution is 6.11. The van der Waals surface area contributed by atoms with E-state index in [1.54, 1.807) is 0 Å². The molecule has 0 aliphatic heterocycles. The Kier molecular flexibility index (Phi) is 7.42. The van der Waals surface area contributed by atoms with Crippen LogP contribution in [0.3, 0.4) is 0 Å². The minimum atomic E-state index is 0.796. The van der Waals surface area contributed by atoms with Crippen LogP contribution in [-0.4, -0.2) is 24.1 Å². The van der Waals surface area contributed by atoms with Crippen molar-refractivity contribution >= 4 is 43.6 Å². The highest BCUT2D eigenvalue weighted by Gasteiger charge is 2.16. The van der Waals surface area contributed by atoms with Gasteiger partial charge < -0.3 is 9.13 Å². The predicted octanol–water partition coefficient (Wildman–Crippen LogP) is 12.7. The average molecular weight is 716 g/mol. The molecule has 5 heteroatoms. The van der Waals surface area contributed by atoms with Gasteiger partial charge in [-0.25, -0.2) is 15.0 Å². The Balaban J connectivity index is 0.958. The van der Waals surface area contributed by atoms with Crippen LogP contribution >= 0.6 is 0 Å². The molecular weight excluding hydrogens is 683 g/mol. The smallest absolute Gasteiger partial charge is 0.0894 e. The van der Waals surface area contributed by atoms with E-state index in [-0.39, 0.29) is 0 Å². The van der Waals surface area contributed by atoms with Gasteiger partial charge in [0.05, 0.1) is 56.2 Å². The van der Waals surface area contributed by atoms with E-state index in [0.29, 0.717) is 0 Å². The van der Waals surface area contributed by atoms with Crippen LogP contribution < -0.4 is 0 Å². The molecule has 0 amide bonds. The van der Waals surface area contributed by atoms with Gasteiger partial charge in [0.25, 0.3) is 0 Å². The van der Waals surface area contributed by atoms with Crippen molar-refractivity contribution in [2.75, 3.05) is 0 Å². The maximum atomic E-state index is 5.16. The van der Waals surface area contributed by atoms with E-state index in [2.05, 4.69) is 179 Å². The zero-order chi connectivity index (χ0) is 37.0. The molecule has 0 spiro atoms. The van der Waals surface area contributed by atoms with Gasteiger partial charge in [-0.15, -0.1) is 0 Å². The molecule has 0 aliphatic carbocycles. The molecule has 11 aromatic rings. The van der Waals surface area contributed by atoms with E-state index in [1.807, 2.05) is 30.3 Å². The quantitative estimate of drug-likeness (QED) is 0.172. The van der Waals surface area contributed by atoms with Gasteiger partial charge in [-0.2, -0.15) is 0 Å². The first kappa shape index (κ1) is 31.9. The van der Waals surface area contributed by atoms with Crippen molar-refractivity contribution in [3.63, 3.8) is 0 Å². The lowest BCUT2D eigenvalue weighted by Crippen LogP contribution is -1.95. The van der Waals surface area contributed by atoms with Crippen LogP contribution in [0.15, 0.2) is 200 Å². The summed E-state index contributed by atoms with van der Waals surface area (Å²) in [4.78, 5) is 15.4. The monoisotopic (exact) mass is 715 g/mol. The minimum absolute atomic E-state index is 0.796. The van der Waals surface area contributed by atoms with E-state index >= 15 is 0 Å². The van der Waals surface area contributed by atoms with E-state index in [1.165, 1.54) is 32.6 Å². The molecule has 56 heavy (non-hydrogen) atoms. The van der Waals surface area contributed by atoms with Crippen molar-refractivity contribution in [2.24, 2.45) is 0 Å². The molecule has 5 nitrogen and oxygen atoms in total. The Morgan fingerprint density at radius 3 is 1.02 bits per heavy atom. The number of pyridine rings is 3. The molecule has 0 atom stereocenters. The van der Waals surface area contributed by atoms with E-state index in [4.69, 9.17) is 15.0 Å². The van der Waals surface area contributed by atoms with Gasteiger partial charge in [0.2, 0.25) is 0 Å². The first-order valence-electron chi connectivity index (χ1n) is 18.9. The second-order valence-corrected chi connectivity index (χ2v) is 14.1. The molecule has 262 valence electrons. The highest BCUT2D eigenvalue weighted by atomic mass is 15.0. The minimum Gasteiger partial charge on any atom is -0.309 e. The summed E-state index contributed by atoms with van der Waals surface area (Å²) in [7, 11) is 0. The van der Waals surface area contributed by atoms with Crippen molar-refractivity contribution in [3.05, 3.63) is 200 Å². The zero-order valence-corrected chi connectivity index (χ0v) is 30.3. The van der Waals surface area contributed by atoms with Crippen LogP contribution in [0, 0.1) is 0 Å². The fourth-order valence-corrected chi connectivity index (χ4v) is 8.17. The van der Waals surface area contributed by atoms with Gasteiger partial charge in [0.15, 0.2) is 0 Å². The number of fused-ring (bicyclic) bond motifs is 6. The fourth-order valence-electron chi connectivity index (χ4n) is 8.17. The van der Waals surface area contributed by atoms with E-state index in [0.717, 1.165) is 67.7 Å². The topological polar surface area (TPSA) is 48.5 Å². The maximum Gasteiger partial charge on any atom is 0.0894 e. The van der Waals surface area contributed by atoms with Crippen LogP contribution in [0.1, 0.15) is 0 Å². The summed E-state index contributed by atoms with van der Waals surface area (Å²) < 4.78 is 4.68. The molecule has 5 aromatic heterocycles. The number of hydrogen-bond donors (Lipinski definition) is 0. The molecular formula is C51H33N5. The summed E-state index contributed by atoms with van der Waals surface area (Å²) in [5.41, 5.74) is 14.0. The third kappa shape index (κ3) is 5.29. The number of aromatic nitrogens is 5. The summed E-state index contributed by atoms with van der Waals surface area (Å²) in [5.74, 6) is 0. The molecule has 0 saturated heterocycles. The number of para-hydroxylation sites is 4. The normalized spacial score (nSPS) is 11.6. The number of nitrogens with zero attached hydrogens (tertiary/aromatic N) is 5. The first-order chi connectivity index (χ1) is 27.8. The molecule has 5 heterocycles. The molecule has 0 saturated carbocycles. The Labute approximate surface area is 323 Å². The summed E-state index contributed by atoms with van der Waals surface area (Å²) in [6, 6.07) is 70.0. The van der Waals surface area contributed by atoms with Crippen LogP contribution in [0.4, 0.5) is 0 Å². The molecule has 0 radical (unpaired) electrons. The summed E-state index contributed by atoms with van der Waals surface area (Å²) in [6.07, 6.45) is 0. The van der Waals surface area contributed by atoms with Gasteiger partial charge in [0.1, 0.15) is 0 Å². The highest BCUT2D eigenvalue weighted by Crippen LogP contribution is 2.37. The van der Waals surface area contributed by atoms with Gasteiger partial charge in [0, 0.05) is 44.0 Å². The third-order valence-electron chi connectivity index (χ3n) is 10.7. The van der Waals surface area contributed by atoms with Crippen LogP contribution in [0.5, 0.6) is 0 Å². The van der Waals surface area contributed by atoms with Crippen LogP contribution in [0.25, 0.3) is 100 Å². The summed E-state index contributed by atoms with van der Waals surface area (Å²) in [6.45, 7) is 0. The molecule has 0 fully saturated rings. The second kappa shape index (κ2) is 13.0.